The van der Waals surface area contributed by atoms with Gasteiger partial charge in [-0.3, -0.25) is 14.3 Å². The number of hydrogen-bond acceptors (Lipinski definition) is 4. The SMILES string of the molecule is O=C(Nc1ccccc1NS(=O)(=O)c1ccc(F)cc1)c1cccc(NC(=O)C2CC2)c1. The van der Waals surface area contributed by atoms with Crippen LogP contribution < -0.4 is 15.4 Å². The predicted molar refractivity (Wildman–Crippen MR) is 119 cm³/mol. The fourth-order valence-electron chi connectivity index (χ4n) is 3.02. The van der Waals surface area contributed by atoms with E-state index < -0.39 is 21.7 Å². The number of sulfonamides is 1. The Hall–Kier alpha value is -3.72. The third-order valence-corrected chi connectivity index (χ3v) is 6.27. The molecule has 32 heavy (non-hydrogen) atoms. The second kappa shape index (κ2) is 8.80. The smallest absolute Gasteiger partial charge is 0.261 e. The molecule has 1 aliphatic rings. The number of nitrogens with one attached hydrogen (secondary N) is 3. The van der Waals surface area contributed by atoms with Gasteiger partial charge < -0.3 is 10.6 Å². The van der Waals surface area contributed by atoms with Gasteiger partial charge in [-0.2, -0.15) is 0 Å². The van der Waals surface area contributed by atoms with Crippen molar-refractivity contribution in [3.05, 3.63) is 84.2 Å². The molecule has 9 heteroatoms. The normalized spacial score (nSPS) is 13.3. The Labute approximate surface area is 184 Å². The van der Waals surface area contributed by atoms with Crippen LogP contribution in [0.5, 0.6) is 0 Å². The predicted octanol–water partition coefficient (Wildman–Crippen LogP) is 4.23. The van der Waals surface area contributed by atoms with E-state index in [0.29, 0.717) is 11.3 Å². The minimum absolute atomic E-state index is 0.0356. The summed E-state index contributed by atoms with van der Waals surface area (Å²) in [4.78, 5) is 24.6. The monoisotopic (exact) mass is 453 g/mol. The van der Waals surface area contributed by atoms with Crippen LogP contribution in [0.1, 0.15) is 23.2 Å². The average molecular weight is 453 g/mol. The maximum absolute atomic E-state index is 13.1. The van der Waals surface area contributed by atoms with Crippen molar-refractivity contribution in [1.29, 1.82) is 0 Å². The molecule has 0 aromatic heterocycles. The molecule has 0 bridgehead atoms. The molecule has 0 heterocycles. The summed E-state index contributed by atoms with van der Waals surface area (Å²) >= 11 is 0. The summed E-state index contributed by atoms with van der Waals surface area (Å²) in [7, 11) is -3.99. The van der Waals surface area contributed by atoms with Crippen LogP contribution >= 0.6 is 0 Å². The molecule has 4 rings (SSSR count). The molecule has 0 atom stereocenters. The first-order chi connectivity index (χ1) is 15.3. The van der Waals surface area contributed by atoms with Gasteiger partial charge in [0, 0.05) is 17.2 Å². The first kappa shape index (κ1) is 21.5. The molecule has 7 nitrogen and oxygen atoms in total. The number of carbonyl (C=O) groups is 2. The minimum atomic E-state index is -3.99. The van der Waals surface area contributed by atoms with E-state index in [9.17, 15) is 22.4 Å². The lowest BCUT2D eigenvalue weighted by molar-refractivity contribution is -0.117. The van der Waals surface area contributed by atoms with Crippen LogP contribution in [-0.2, 0) is 14.8 Å². The number of carbonyl (C=O) groups excluding carboxylic acids is 2. The van der Waals surface area contributed by atoms with E-state index in [0.717, 1.165) is 37.1 Å². The van der Waals surface area contributed by atoms with Crippen molar-refractivity contribution in [2.75, 3.05) is 15.4 Å². The van der Waals surface area contributed by atoms with Crippen LogP contribution in [0.4, 0.5) is 21.5 Å². The highest BCUT2D eigenvalue weighted by Crippen LogP contribution is 2.30. The summed E-state index contributed by atoms with van der Waals surface area (Å²) < 4.78 is 40.8. The van der Waals surface area contributed by atoms with Crippen molar-refractivity contribution in [2.24, 2.45) is 5.92 Å². The van der Waals surface area contributed by atoms with Crippen LogP contribution in [-0.4, -0.2) is 20.2 Å². The Bertz CT molecular complexity index is 1270. The van der Waals surface area contributed by atoms with E-state index in [1.54, 1.807) is 42.5 Å². The second-order valence-corrected chi connectivity index (χ2v) is 9.09. The molecule has 0 aliphatic heterocycles. The number of hydrogen-bond donors (Lipinski definition) is 3. The Kier molecular flexibility index (Phi) is 5.91. The number of anilines is 3. The fourth-order valence-corrected chi connectivity index (χ4v) is 4.10. The van der Waals surface area contributed by atoms with Crippen molar-refractivity contribution in [3.8, 4) is 0 Å². The van der Waals surface area contributed by atoms with Gasteiger partial charge in [-0.25, -0.2) is 12.8 Å². The molecule has 0 spiro atoms. The molecule has 3 aromatic rings. The Morgan fingerprint density at radius 2 is 1.53 bits per heavy atom. The van der Waals surface area contributed by atoms with E-state index in [-0.39, 0.29) is 28.1 Å². The molecule has 3 aromatic carbocycles. The van der Waals surface area contributed by atoms with Crippen molar-refractivity contribution < 1.29 is 22.4 Å². The molecule has 0 radical (unpaired) electrons. The van der Waals surface area contributed by atoms with Gasteiger partial charge >= 0.3 is 0 Å². The van der Waals surface area contributed by atoms with Crippen molar-refractivity contribution in [3.63, 3.8) is 0 Å². The summed E-state index contributed by atoms with van der Waals surface area (Å²) in [5.41, 5.74) is 1.22. The Morgan fingerprint density at radius 1 is 0.844 bits per heavy atom. The number of amides is 2. The molecular weight excluding hydrogens is 433 g/mol. The lowest BCUT2D eigenvalue weighted by atomic mass is 10.1. The number of rotatable bonds is 7. The molecule has 1 saturated carbocycles. The van der Waals surface area contributed by atoms with E-state index in [2.05, 4.69) is 15.4 Å². The van der Waals surface area contributed by atoms with Gasteiger partial charge in [0.25, 0.3) is 15.9 Å². The largest absolute Gasteiger partial charge is 0.326 e. The topological polar surface area (TPSA) is 104 Å². The van der Waals surface area contributed by atoms with Crippen LogP contribution in [0, 0.1) is 11.7 Å². The van der Waals surface area contributed by atoms with Gasteiger partial charge in [0.2, 0.25) is 5.91 Å². The lowest BCUT2D eigenvalue weighted by Gasteiger charge is -2.14. The fraction of sp³-hybridized carbons (Fsp3) is 0.130. The summed E-state index contributed by atoms with van der Waals surface area (Å²) in [5, 5.41) is 5.48. The molecule has 0 saturated heterocycles. The Balaban J connectivity index is 1.51. The molecule has 1 fully saturated rings. The summed E-state index contributed by atoms with van der Waals surface area (Å²) in [6.45, 7) is 0. The van der Waals surface area contributed by atoms with Gasteiger partial charge in [-0.05, 0) is 67.4 Å². The molecule has 0 unspecified atom stereocenters. The van der Waals surface area contributed by atoms with Crippen LogP contribution in [0.15, 0.2) is 77.7 Å². The van der Waals surface area contributed by atoms with E-state index in [1.807, 2.05) is 0 Å². The zero-order valence-corrected chi connectivity index (χ0v) is 17.7. The average Bonchev–Trinajstić information content (AvgIpc) is 3.61. The van der Waals surface area contributed by atoms with Crippen molar-refractivity contribution >= 4 is 38.9 Å². The molecule has 2 amide bonds. The van der Waals surface area contributed by atoms with Gasteiger partial charge in [0.15, 0.2) is 0 Å². The van der Waals surface area contributed by atoms with E-state index in [1.165, 1.54) is 6.07 Å². The van der Waals surface area contributed by atoms with E-state index >= 15 is 0 Å². The number of para-hydroxylation sites is 2. The van der Waals surface area contributed by atoms with Crippen molar-refractivity contribution in [2.45, 2.75) is 17.7 Å². The quantitative estimate of drug-likeness (QED) is 0.498. The van der Waals surface area contributed by atoms with Crippen LogP contribution in [0.25, 0.3) is 0 Å². The number of benzene rings is 3. The highest BCUT2D eigenvalue weighted by atomic mass is 32.2. The summed E-state index contributed by atoms with van der Waals surface area (Å²) in [5.74, 6) is -1.05. The van der Waals surface area contributed by atoms with Gasteiger partial charge in [0.1, 0.15) is 5.82 Å². The lowest BCUT2D eigenvalue weighted by Crippen LogP contribution is -2.18. The standard InChI is InChI=1S/C23H20FN3O4S/c24-17-10-12-19(13-11-17)32(30,31)27-21-7-2-1-6-20(21)26-23(29)16-4-3-5-18(14-16)25-22(28)15-8-9-15/h1-7,10-15,27H,8-9H2,(H,25,28)(H,26,29). The van der Waals surface area contributed by atoms with Gasteiger partial charge in [-0.1, -0.05) is 18.2 Å². The minimum Gasteiger partial charge on any atom is -0.326 e. The zero-order chi connectivity index (χ0) is 22.7. The number of halogens is 1. The van der Waals surface area contributed by atoms with Gasteiger partial charge in [-0.15, -0.1) is 0 Å². The van der Waals surface area contributed by atoms with Crippen LogP contribution in [0.3, 0.4) is 0 Å². The zero-order valence-electron chi connectivity index (χ0n) is 16.8. The Morgan fingerprint density at radius 3 is 2.22 bits per heavy atom. The maximum atomic E-state index is 13.1. The molecule has 164 valence electrons. The molecule has 3 N–H and O–H groups in total. The second-order valence-electron chi connectivity index (χ2n) is 7.40. The third-order valence-electron chi connectivity index (χ3n) is 4.88. The highest BCUT2D eigenvalue weighted by molar-refractivity contribution is 7.92. The first-order valence-corrected chi connectivity index (χ1v) is 11.4. The van der Waals surface area contributed by atoms with Crippen LogP contribution in [0.2, 0.25) is 0 Å². The van der Waals surface area contributed by atoms with Gasteiger partial charge in [0.05, 0.1) is 16.3 Å². The molecular formula is C23H20FN3O4S. The summed E-state index contributed by atoms with van der Waals surface area (Å²) in [6, 6.07) is 17.2. The molecule has 1 aliphatic carbocycles. The highest BCUT2D eigenvalue weighted by Gasteiger charge is 2.29. The third kappa shape index (κ3) is 5.12. The van der Waals surface area contributed by atoms with Crippen molar-refractivity contribution in [1.82, 2.24) is 0 Å². The maximum Gasteiger partial charge on any atom is 0.261 e. The summed E-state index contributed by atoms with van der Waals surface area (Å²) in [6.07, 6.45) is 1.74. The van der Waals surface area contributed by atoms with E-state index in [4.69, 9.17) is 0 Å². The first-order valence-electron chi connectivity index (χ1n) is 9.91.